The van der Waals surface area contributed by atoms with E-state index in [1.165, 1.54) is 41.6 Å². The third-order valence-electron chi connectivity index (χ3n) is 6.91. The van der Waals surface area contributed by atoms with E-state index in [0.29, 0.717) is 42.0 Å². The van der Waals surface area contributed by atoms with Crippen LogP contribution in [0.5, 0.6) is 0 Å². The lowest BCUT2D eigenvalue weighted by atomic mass is 9.96. The topological polar surface area (TPSA) is 132 Å². The van der Waals surface area contributed by atoms with E-state index in [1.54, 1.807) is 11.0 Å². The van der Waals surface area contributed by atoms with Gasteiger partial charge in [0.25, 0.3) is 0 Å². The van der Waals surface area contributed by atoms with E-state index in [4.69, 9.17) is 17.3 Å². The number of rotatable bonds is 4. The Hall–Kier alpha value is -4.19. The lowest BCUT2D eigenvalue weighted by Gasteiger charge is -2.27. The number of imidazole rings is 1. The summed E-state index contributed by atoms with van der Waals surface area (Å²) >= 11 is 6.11. The highest BCUT2D eigenvalue weighted by molar-refractivity contribution is 6.31. The maximum Gasteiger partial charge on any atom is 0.247 e. The molecule has 1 amide bonds. The van der Waals surface area contributed by atoms with Gasteiger partial charge in [-0.25, -0.2) is 18.7 Å². The van der Waals surface area contributed by atoms with Crippen LogP contribution in [-0.2, 0) is 4.79 Å². The van der Waals surface area contributed by atoms with Gasteiger partial charge < -0.3 is 15.6 Å². The first-order valence-electron chi connectivity index (χ1n) is 11.6. The summed E-state index contributed by atoms with van der Waals surface area (Å²) < 4.78 is 31.2. The van der Waals surface area contributed by atoms with E-state index in [0.717, 1.165) is 6.42 Å². The number of carbonyl (C=O) groups excluding carboxylic acids is 1. The normalized spacial score (nSPS) is 19.6. The van der Waals surface area contributed by atoms with Crippen molar-refractivity contribution in [3.05, 3.63) is 71.0 Å². The number of aromatic nitrogens is 7. The highest BCUT2D eigenvalue weighted by Crippen LogP contribution is 2.42. The zero-order valence-corrected chi connectivity index (χ0v) is 20.0. The predicted molar refractivity (Wildman–Crippen MR) is 130 cm³/mol. The van der Waals surface area contributed by atoms with Gasteiger partial charge in [-0.2, -0.15) is 4.68 Å². The van der Waals surface area contributed by atoms with Gasteiger partial charge >= 0.3 is 0 Å². The van der Waals surface area contributed by atoms with Crippen LogP contribution in [0.2, 0.25) is 5.02 Å². The number of benzene rings is 1. The van der Waals surface area contributed by atoms with Crippen LogP contribution in [0.3, 0.4) is 0 Å². The quantitative estimate of drug-likeness (QED) is 0.415. The van der Waals surface area contributed by atoms with E-state index in [2.05, 4.69) is 30.5 Å². The van der Waals surface area contributed by atoms with Crippen molar-refractivity contribution < 1.29 is 13.6 Å². The number of anilines is 1. The van der Waals surface area contributed by atoms with Gasteiger partial charge in [-0.3, -0.25) is 4.79 Å². The summed E-state index contributed by atoms with van der Waals surface area (Å²) in [6.07, 6.45) is 8.26. The van der Waals surface area contributed by atoms with Crippen molar-refractivity contribution in [2.75, 3.05) is 5.73 Å². The molecule has 1 fully saturated rings. The van der Waals surface area contributed by atoms with Gasteiger partial charge in [-0.15, -0.1) is 5.10 Å². The summed E-state index contributed by atoms with van der Waals surface area (Å²) in [5, 5.41) is 11.1. The Labute approximate surface area is 214 Å². The Bertz CT molecular complexity index is 1540. The average Bonchev–Trinajstić information content (AvgIpc) is 3.64. The molecule has 37 heavy (non-hydrogen) atoms. The molecule has 2 aliphatic heterocycles. The number of amides is 1. The minimum absolute atomic E-state index is 0.0603. The lowest BCUT2D eigenvalue weighted by molar-refractivity contribution is -0.128. The Morgan fingerprint density at radius 3 is 2.78 bits per heavy atom. The molecular weight excluding hydrogens is 504 g/mol. The van der Waals surface area contributed by atoms with E-state index < -0.39 is 11.6 Å². The third kappa shape index (κ3) is 3.93. The molecule has 5 heterocycles. The van der Waals surface area contributed by atoms with E-state index in [-0.39, 0.29) is 40.0 Å². The van der Waals surface area contributed by atoms with Gasteiger partial charge in [0, 0.05) is 29.4 Å². The van der Waals surface area contributed by atoms with E-state index >= 15 is 4.39 Å². The molecule has 3 aromatic heterocycles. The lowest BCUT2D eigenvalue weighted by Crippen LogP contribution is -2.35. The molecule has 188 valence electrons. The van der Waals surface area contributed by atoms with Crippen molar-refractivity contribution in [1.29, 1.82) is 0 Å². The fourth-order valence-corrected chi connectivity index (χ4v) is 5.36. The number of nitrogens with two attached hydrogens (primary N) is 1. The van der Waals surface area contributed by atoms with Crippen molar-refractivity contribution >= 4 is 28.9 Å². The highest BCUT2D eigenvalue weighted by atomic mass is 35.5. The molecule has 6 rings (SSSR count). The predicted octanol–water partition coefficient (Wildman–Crippen LogP) is 3.87. The van der Waals surface area contributed by atoms with Crippen LogP contribution in [0.4, 0.5) is 14.6 Å². The number of carbonyl (C=O) groups is 1. The van der Waals surface area contributed by atoms with Crippen LogP contribution in [0.25, 0.3) is 22.5 Å². The standard InChI is InChI=1S/C24H20ClF2N9O/c25-15-4-6-17(35-11-31-33-34-35)20(22(15)27)12-1-2-13-3-5-18(36(13)19(37)9-12)24-30-10-16(32-24)14-7-8-29-23(28)21(14)26/h4,6-11,13,18H,1-3,5H2,(H2,28,29)(H,30,32)/t13-,18-/m0/s1. The van der Waals surface area contributed by atoms with Crippen molar-refractivity contribution in [2.24, 2.45) is 0 Å². The smallest absolute Gasteiger partial charge is 0.247 e. The second-order valence-corrected chi connectivity index (χ2v) is 9.36. The molecule has 2 aliphatic rings. The first-order chi connectivity index (χ1) is 17.9. The summed E-state index contributed by atoms with van der Waals surface area (Å²) in [5.74, 6) is -1.20. The SMILES string of the molecule is Nc1nccc(-c2cnc([C@@H]3CC[C@@H]4CCC(c5c(-n6cnnn6)ccc(Cl)c5F)=CC(=O)N43)[nH]2)c1F. The number of nitrogen functional groups attached to an aromatic ring is 1. The molecule has 13 heteroatoms. The van der Waals surface area contributed by atoms with Crippen molar-refractivity contribution in [2.45, 2.75) is 37.8 Å². The van der Waals surface area contributed by atoms with Crippen LogP contribution in [0, 0.1) is 11.6 Å². The van der Waals surface area contributed by atoms with E-state index in [9.17, 15) is 9.18 Å². The minimum Gasteiger partial charge on any atom is -0.381 e. The number of fused-ring (bicyclic) bond motifs is 1. The number of H-pyrrole nitrogens is 1. The minimum atomic E-state index is -0.637. The number of tetrazole rings is 1. The number of halogens is 3. The van der Waals surface area contributed by atoms with E-state index in [1.807, 2.05) is 0 Å². The fourth-order valence-electron chi connectivity index (χ4n) is 5.20. The molecule has 0 bridgehead atoms. The first-order valence-corrected chi connectivity index (χ1v) is 12.0. The number of nitrogens with zero attached hydrogens (tertiary/aromatic N) is 7. The molecule has 4 aromatic rings. The summed E-state index contributed by atoms with van der Waals surface area (Å²) in [5.41, 5.74) is 7.38. The van der Waals surface area contributed by atoms with Crippen molar-refractivity contribution in [3.8, 4) is 16.9 Å². The Morgan fingerprint density at radius 1 is 1.11 bits per heavy atom. The maximum absolute atomic E-state index is 15.3. The van der Waals surface area contributed by atoms with Crippen LogP contribution in [0.15, 0.2) is 43.0 Å². The molecule has 0 radical (unpaired) electrons. The van der Waals surface area contributed by atoms with Crippen LogP contribution >= 0.6 is 11.6 Å². The van der Waals surface area contributed by atoms with Crippen LogP contribution < -0.4 is 5.73 Å². The molecular formula is C24H20ClF2N9O. The van der Waals surface area contributed by atoms with Gasteiger partial charge in [0.05, 0.1) is 28.6 Å². The zero-order chi connectivity index (χ0) is 25.7. The molecule has 1 saturated heterocycles. The summed E-state index contributed by atoms with van der Waals surface area (Å²) in [6.45, 7) is 0. The fraction of sp³-hybridized carbons (Fsp3) is 0.250. The number of hydrogen-bond acceptors (Lipinski definition) is 7. The Kier molecular flexibility index (Phi) is 5.67. The number of hydrogen-bond donors (Lipinski definition) is 2. The molecule has 0 spiro atoms. The van der Waals surface area contributed by atoms with Crippen LogP contribution in [0.1, 0.15) is 43.1 Å². The molecule has 2 atom stereocenters. The Morgan fingerprint density at radius 2 is 1.97 bits per heavy atom. The highest BCUT2D eigenvalue weighted by Gasteiger charge is 2.40. The van der Waals surface area contributed by atoms with Gasteiger partial charge in [0.2, 0.25) is 5.91 Å². The first kappa shape index (κ1) is 23.2. The zero-order valence-electron chi connectivity index (χ0n) is 19.3. The monoisotopic (exact) mass is 523 g/mol. The number of aromatic amines is 1. The second kappa shape index (κ2) is 9.04. The van der Waals surface area contributed by atoms with Gasteiger partial charge in [-0.05, 0) is 59.9 Å². The largest absolute Gasteiger partial charge is 0.381 e. The summed E-state index contributed by atoms with van der Waals surface area (Å²) in [7, 11) is 0. The molecule has 1 aromatic carbocycles. The Balaban J connectivity index is 1.35. The van der Waals surface area contributed by atoms with Crippen LogP contribution in [-0.4, -0.2) is 52.0 Å². The molecule has 0 unspecified atom stereocenters. The maximum atomic E-state index is 15.3. The van der Waals surface area contributed by atoms with Gasteiger partial charge in [0.1, 0.15) is 12.2 Å². The second-order valence-electron chi connectivity index (χ2n) is 8.95. The van der Waals surface area contributed by atoms with Crippen molar-refractivity contribution in [1.82, 2.24) is 40.1 Å². The molecule has 10 nitrogen and oxygen atoms in total. The molecule has 0 aliphatic carbocycles. The molecule has 0 saturated carbocycles. The molecule has 3 N–H and O–H groups in total. The summed E-state index contributed by atoms with van der Waals surface area (Å²) in [4.78, 5) is 26.7. The summed E-state index contributed by atoms with van der Waals surface area (Å²) in [6, 6.07) is 4.15. The number of pyridine rings is 1. The third-order valence-corrected chi connectivity index (χ3v) is 7.20. The number of allylic oxidation sites excluding steroid dienone is 1. The average molecular weight is 524 g/mol. The number of nitrogens with one attached hydrogen (secondary N) is 1. The van der Waals surface area contributed by atoms with Gasteiger partial charge in [0.15, 0.2) is 17.5 Å². The van der Waals surface area contributed by atoms with Crippen molar-refractivity contribution in [3.63, 3.8) is 0 Å². The van der Waals surface area contributed by atoms with Gasteiger partial charge in [-0.1, -0.05) is 11.6 Å².